The van der Waals surface area contributed by atoms with Gasteiger partial charge in [0, 0.05) is 22.9 Å². The first-order valence-electron chi connectivity index (χ1n) is 7.78. The lowest BCUT2D eigenvalue weighted by Gasteiger charge is -2.37. The summed E-state index contributed by atoms with van der Waals surface area (Å²) in [6.45, 7) is 1.21. The van der Waals surface area contributed by atoms with Gasteiger partial charge in [0.2, 0.25) is 0 Å². The topological polar surface area (TPSA) is 3.24 Å². The van der Waals surface area contributed by atoms with Crippen LogP contribution < -0.4 is 0 Å². The van der Waals surface area contributed by atoms with Gasteiger partial charge in [0.1, 0.15) is 0 Å². The van der Waals surface area contributed by atoms with Crippen molar-refractivity contribution in [3.05, 3.63) is 70.2 Å². The van der Waals surface area contributed by atoms with Gasteiger partial charge < -0.3 is 4.90 Å². The molecule has 3 heteroatoms. The van der Waals surface area contributed by atoms with Crippen LogP contribution in [-0.2, 0) is 0 Å². The first-order valence-corrected chi connectivity index (χ1v) is 8.16. The number of hydrogen-bond acceptors (Lipinski definition) is 1. The molecule has 4 rings (SSSR count). The lowest BCUT2D eigenvalue weighted by molar-refractivity contribution is 0.265. The van der Waals surface area contributed by atoms with E-state index in [1.165, 1.54) is 30.5 Å². The maximum Gasteiger partial charge on any atom is 0.0408 e. The molecule has 0 N–H and O–H groups in total. The maximum absolute atomic E-state index is 6.22. The standard InChI is InChI=1S/C19H20ClN.ClH/c1-21-10-9-17-15-7-2-3-8-16(15)18(12-19(17)21)13-5-4-6-14(20)11-13;/h2-8,11,17-19H,9-10,12H2,1H3;1H/t17-,18+,19+;/m1./s1. The van der Waals surface area contributed by atoms with Crippen LogP contribution in [-0.4, -0.2) is 24.5 Å². The van der Waals surface area contributed by atoms with E-state index in [0.29, 0.717) is 17.9 Å². The Kier molecular flexibility index (Phi) is 4.49. The van der Waals surface area contributed by atoms with E-state index in [4.69, 9.17) is 11.6 Å². The molecule has 116 valence electrons. The Morgan fingerprint density at radius 3 is 2.59 bits per heavy atom. The van der Waals surface area contributed by atoms with Crippen molar-refractivity contribution in [2.45, 2.75) is 30.7 Å². The van der Waals surface area contributed by atoms with E-state index >= 15 is 0 Å². The summed E-state index contributed by atoms with van der Waals surface area (Å²) in [5, 5.41) is 0.840. The molecule has 0 saturated carbocycles. The Bertz CT molecular complexity index is 670. The van der Waals surface area contributed by atoms with Gasteiger partial charge in [-0.1, -0.05) is 48.0 Å². The van der Waals surface area contributed by atoms with Crippen molar-refractivity contribution in [3.8, 4) is 0 Å². The Hall–Kier alpha value is -1.02. The molecular formula is C19H21Cl2N. The van der Waals surface area contributed by atoms with E-state index in [1.807, 2.05) is 6.07 Å². The van der Waals surface area contributed by atoms with Crippen LogP contribution in [0.2, 0.25) is 5.02 Å². The first-order chi connectivity index (χ1) is 10.2. The minimum atomic E-state index is 0. The highest BCUT2D eigenvalue weighted by Gasteiger charge is 2.40. The zero-order valence-electron chi connectivity index (χ0n) is 12.7. The fourth-order valence-corrected chi connectivity index (χ4v) is 4.49. The van der Waals surface area contributed by atoms with Crippen LogP contribution in [0, 0.1) is 0 Å². The Morgan fingerprint density at radius 2 is 1.82 bits per heavy atom. The third-order valence-electron chi connectivity index (χ3n) is 5.32. The summed E-state index contributed by atoms with van der Waals surface area (Å²) in [6, 6.07) is 18.1. The monoisotopic (exact) mass is 333 g/mol. The highest BCUT2D eigenvalue weighted by atomic mass is 35.5. The second-order valence-electron chi connectivity index (χ2n) is 6.42. The number of hydrogen-bond donors (Lipinski definition) is 0. The number of rotatable bonds is 1. The smallest absolute Gasteiger partial charge is 0.0408 e. The van der Waals surface area contributed by atoms with Crippen LogP contribution in [0.1, 0.15) is 41.4 Å². The van der Waals surface area contributed by atoms with E-state index < -0.39 is 0 Å². The van der Waals surface area contributed by atoms with Crippen molar-refractivity contribution >= 4 is 24.0 Å². The molecule has 1 saturated heterocycles. The molecule has 1 aliphatic heterocycles. The Labute approximate surface area is 143 Å². The zero-order valence-corrected chi connectivity index (χ0v) is 14.3. The number of nitrogens with zero attached hydrogens (tertiary/aromatic N) is 1. The molecule has 1 aliphatic carbocycles. The van der Waals surface area contributed by atoms with Gasteiger partial charge in [0.25, 0.3) is 0 Å². The number of fused-ring (bicyclic) bond motifs is 3. The molecule has 22 heavy (non-hydrogen) atoms. The molecule has 2 aliphatic rings. The largest absolute Gasteiger partial charge is 0.303 e. The second-order valence-corrected chi connectivity index (χ2v) is 6.85. The quantitative estimate of drug-likeness (QED) is 0.702. The van der Waals surface area contributed by atoms with Crippen LogP contribution >= 0.6 is 24.0 Å². The third-order valence-corrected chi connectivity index (χ3v) is 5.56. The van der Waals surface area contributed by atoms with Crippen molar-refractivity contribution in [1.82, 2.24) is 4.90 Å². The molecule has 1 nitrogen and oxygen atoms in total. The van der Waals surface area contributed by atoms with Crippen molar-refractivity contribution in [1.29, 1.82) is 0 Å². The molecule has 0 unspecified atom stereocenters. The van der Waals surface area contributed by atoms with Crippen LogP contribution in [0.4, 0.5) is 0 Å². The van der Waals surface area contributed by atoms with E-state index in [0.717, 1.165) is 5.02 Å². The Morgan fingerprint density at radius 1 is 1.05 bits per heavy atom. The fraction of sp³-hybridized carbons (Fsp3) is 0.368. The molecule has 0 spiro atoms. The summed E-state index contributed by atoms with van der Waals surface area (Å²) in [5.74, 6) is 1.18. The molecule has 2 aromatic rings. The highest BCUT2D eigenvalue weighted by Crippen LogP contribution is 2.47. The van der Waals surface area contributed by atoms with E-state index in [-0.39, 0.29) is 12.4 Å². The molecule has 1 heterocycles. The highest BCUT2D eigenvalue weighted by molar-refractivity contribution is 6.30. The summed E-state index contributed by atoms with van der Waals surface area (Å²) >= 11 is 6.22. The fourth-order valence-electron chi connectivity index (χ4n) is 4.29. The third kappa shape index (κ3) is 2.56. The van der Waals surface area contributed by atoms with Gasteiger partial charge in [-0.25, -0.2) is 0 Å². The first kappa shape index (κ1) is 15.9. The van der Waals surface area contributed by atoms with Crippen molar-refractivity contribution in [3.63, 3.8) is 0 Å². The summed E-state index contributed by atoms with van der Waals surface area (Å²) < 4.78 is 0. The van der Waals surface area contributed by atoms with Gasteiger partial charge in [-0.05, 0) is 55.3 Å². The molecule has 0 aromatic heterocycles. The molecule has 0 amide bonds. The van der Waals surface area contributed by atoms with Gasteiger partial charge in [-0.15, -0.1) is 12.4 Å². The van der Waals surface area contributed by atoms with Crippen LogP contribution in [0.25, 0.3) is 0 Å². The number of likely N-dealkylation sites (N-methyl/N-ethyl adjacent to an activating group) is 1. The van der Waals surface area contributed by atoms with E-state index in [9.17, 15) is 0 Å². The normalized spacial score (nSPS) is 26.9. The van der Waals surface area contributed by atoms with Crippen LogP contribution in [0.3, 0.4) is 0 Å². The number of halogens is 2. The molecule has 2 aromatic carbocycles. The molecule has 3 atom stereocenters. The number of likely N-dealkylation sites (tertiary alicyclic amines) is 1. The minimum Gasteiger partial charge on any atom is -0.303 e. The van der Waals surface area contributed by atoms with Gasteiger partial charge in [-0.3, -0.25) is 0 Å². The molecule has 0 radical (unpaired) electrons. The lowest BCUT2D eigenvalue weighted by Crippen LogP contribution is -2.34. The molecule has 1 fully saturated rings. The minimum absolute atomic E-state index is 0. The molecule has 0 bridgehead atoms. The number of benzene rings is 2. The van der Waals surface area contributed by atoms with Gasteiger partial charge in [0.15, 0.2) is 0 Å². The predicted octanol–water partition coefficient (Wildman–Crippen LogP) is 5.09. The van der Waals surface area contributed by atoms with E-state index in [1.54, 1.807) is 5.56 Å². The summed E-state index contributed by atoms with van der Waals surface area (Å²) in [5.41, 5.74) is 4.42. The summed E-state index contributed by atoms with van der Waals surface area (Å²) in [7, 11) is 2.27. The van der Waals surface area contributed by atoms with Crippen molar-refractivity contribution in [2.24, 2.45) is 0 Å². The zero-order chi connectivity index (χ0) is 14.4. The van der Waals surface area contributed by atoms with Crippen molar-refractivity contribution < 1.29 is 0 Å². The predicted molar refractivity (Wildman–Crippen MR) is 95.4 cm³/mol. The van der Waals surface area contributed by atoms with Gasteiger partial charge in [-0.2, -0.15) is 0 Å². The second kappa shape index (κ2) is 6.23. The molecular weight excluding hydrogens is 313 g/mol. The van der Waals surface area contributed by atoms with Gasteiger partial charge >= 0.3 is 0 Å². The van der Waals surface area contributed by atoms with Crippen LogP contribution in [0.5, 0.6) is 0 Å². The lowest BCUT2D eigenvalue weighted by atomic mass is 9.71. The van der Waals surface area contributed by atoms with Crippen molar-refractivity contribution in [2.75, 3.05) is 13.6 Å². The Balaban J connectivity index is 0.00000144. The SMILES string of the molecule is CN1CC[C@@H]2c3ccccc3[C@H](c3cccc(Cl)c3)C[C@@H]21.Cl. The van der Waals surface area contributed by atoms with E-state index in [2.05, 4.69) is 54.4 Å². The summed E-state index contributed by atoms with van der Waals surface area (Å²) in [4.78, 5) is 2.54. The van der Waals surface area contributed by atoms with Crippen LogP contribution in [0.15, 0.2) is 48.5 Å². The average Bonchev–Trinajstić information content (AvgIpc) is 2.88. The average molecular weight is 334 g/mol. The van der Waals surface area contributed by atoms with Gasteiger partial charge in [0.05, 0.1) is 0 Å². The summed E-state index contributed by atoms with van der Waals surface area (Å²) in [6.07, 6.45) is 2.50. The maximum atomic E-state index is 6.22.